The highest BCUT2D eigenvalue weighted by molar-refractivity contribution is 7.98. The van der Waals surface area contributed by atoms with Gasteiger partial charge >= 0.3 is 7.12 Å². The van der Waals surface area contributed by atoms with E-state index < -0.39 is 12.9 Å². The molecule has 1 rings (SSSR count). The molecule has 0 aliphatic rings. The van der Waals surface area contributed by atoms with Crippen molar-refractivity contribution in [3.63, 3.8) is 0 Å². The Bertz CT molecular complexity index is 280. The third kappa shape index (κ3) is 2.00. The smallest absolute Gasteiger partial charge is 0.423 e. The maximum atomic E-state index is 13.0. The molecule has 0 bridgehead atoms. The Morgan fingerprint density at radius 1 is 1.42 bits per heavy atom. The zero-order chi connectivity index (χ0) is 9.14. The van der Waals surface area contributed by atoms with Gasteiger partial charge < -0.3 is 10.0 Å². The summed E-state index contributed by atoms with van der Waals surface area (Å²) in [7, 11) is -1.60. The van der Waals surface area contributed by atoms with Crippen LogP contribution in [0.2, 0.25) is 0 Å². The molecule has 0 aliphatic carbocycles. The minimum Gasteiger partial charge on any atom is -0.423 e. The van der Waals surface area contributed by atoms with Crippen LogP contribution in [0.3, 0.4) is 0 Å². The molecule has 0 amide bonds. The number of benzene rings is 1. The Morgan fingerprint density at radius 3 is 2.50 bits per heavy atom. The molecular formula is C7H8BFO2S. The van der Waals surface area contributed by atoms with Crippen molar-refractivity contribution in [2.45, 2.75) is 4.90 Å². The highest BCUT2D eigenvalue weighted by Gasteiger charge is 2.12. The lowest BCUT2D eigenvalue weighted by atomic mass is 9.80. The molecule has 0 saturated carbocycles. The van der Waals surface area contributed by atoms with E-state index in [0.29, 0.717) is 4.90 Å². The molecule has 0 heterocycles. The largest absolute Gasteiger partial charge is 0.488 e. The molecule has 0 atom stereocenters. The predicted molar refractivity (Wildman–Crippen MR) is 48.0 cm³/mol. The number of halogens is 1. The predicted octanol–water partition coefficient (Wildman–Crippen LogP) is 0.227. The van der Waals surface area contributed by atoms with Crippen LogP contribution in [0.5, 0.6) is 0 Å². The van der Waals surface area contributed by atoms with Gasteiger partial charge in [-0.3, -0.25) is 0 Å². The van der Waals surface area contributed by atoms with Gasteiger partial charge in [0, 0.05) is 4.90 Å². The Morgan fingerprint density at radius 2 is 2.08 bits per heavy atom. The van der Waals surface area contributed by atoms with Crippen LogP contribution in [0.25, 0.3) is 0 Å². The Labute approximate surface area is 74.6 Å². The number of thioether (sulfide) groups is 1. The first-order chi connectivity index (χ1) is 5.65. The molecule has 2 nitrogen and oxygen atoms in total. The highest BCUT2D eigenvalue weighted by Crippen LogP contribution is 2.16. The third-order valence-electron chi connectivity index (χ3n) is 1.47. The summed E-state index contributed by atoms with van der Waals surface area (Å²) in [6, 6.07) is 4.13. The van der Waals surface area contributed by atoms with Crippen molar-refractivity contribution in [3.05, 3.63) is 24.0 Å². The fourth-order valence-corrected chi connectivity index (χ4v) is 1.30. The lowest BCUT2D eigenvalue weighted by Crippen LogP contribution is -2.29. The summed E-state index contributed by atoms with van der Waals surface area (Å²) in [5.74, 6) is -0.423. The molecule has 1 aromatic rings. The topological polar surface area (TPSA) is 40.5 Å². The monoisotopic (exact) mass is 186 g/mol. The molecule has 1 aromatic carbocycles. The fraction of sp³-hybridized carbons (Fsp3) is 0.143. The Kier molecular flexibility index (Phi) is 3.14. The quantitative estimate of drug-likeness (QED) is 0.513. The number of rotatable bonds is 2. The minimum atomic E-state index is -1.60. The fourth-order valence-electron chi connectivity index (χ4n) is 0.843. The SMILES string of the molecule is CSc1ccc(B(O)O)cc1F. The van der Waals surface area contributed by atoms with Gasteiger partial charge in [0.15, 0.2) is 0 Å². The lowest BCUT2D eigenvalue weighted by molar-refractivity contribution is 0.425. The van der Waals surface area contributed by atoms with Crippen LogP contribution in [0.1, 0.15) is 0 Å². The van der Waals surface area contributed by atoms with Gasteiger partial charge in [0.05, 0.1) is 0 Å². The van der Waals surface area contributed by atoms with Crippen LogP contribution in [0, 0.1) is 5.82 Å². The van der Waals surface area contributed by atoms with Gasteiger partial charge in [-0.05, 0) is 23.9 Å². The van der Waals surface area contributed by atoms with Crippen molar-refractivity contribution in [2.75, 3.05) is 6.26 Å². The van der Waals surface area contributed by atoms with Gasteiger partial charge in [-0.25, -0.2) is 4.39 Å². The van der Waals surface area contributed by atoms with Crippen molar-refractivity contribution < 1.29 is 14.4 Å². The molecule has 2 N–H and O–H groups in total. The zero-order valence-electron chi connectivity index (χ0n) is 6.49. The van der Waals surface area contributed by atoms with E-state index in [-0.39, 0.29) is 5.46 Å². The molecule has 0 spiro atoms. The molecule has 0 fully saturated rings. The number of hydrogen-bond donors (Lipinski definition) is 2. The van der Waals surface area contributed by atoms with E-state index in [2.05, 4.69) is 0 Å². The number of hydrogen-bond acceptors (Lipinski definition) is 3. The van der Waals surface area contributed by atoms with Gasteiger partial charge in [-0.2, -0.15) is 0 Å². The summed E-state index contributed by atoms with van der Waals surface area (Å²) in [6.45, 7) is 0. The molecule has 0 saturated heterocycles. The standard InChI is InChI=1S/C7H8BFO2S/c1-12-7-3-2-5(8(10)11)4-6(7)9/h2-4,10-11H,1H3. The average molecular weight is 186 g/mol. The summed E-state index contributed by atoms with van der Waals surface area (Å²) >= 11 is 1.28. The summed E-state index contributed by atoms with van der Waals surface area (Å²) in [4.78, 5) is 0.499. The van der Waals surface area contributed by atoms with E-state index >= 15 is 0 Å². The lowest BCUT2D eigenvalue weighted by Gasteiger charge is -2.02. The van der Waals surface area contributed by atoms with E-state index in [1.54, 1.807) is 6.26 Å². The molecular weight excluding hydrogens is 178 g/mol. The van der Waals surface area contributed by atoms with Crippen molar-refractivity contribution >= 4 is 24.3 Å². The summed E-state index contributed by atoms with van der Waals surface area (Å²) < 4.78 is 13.0. The van der Waals surface area contributed by atoms with Crippen molar-refractivity contribution in [2.24, 2.45) is 0 Å². The van der Waals surface area contributed by atoms with Crippen molar-refractivity contribution in [1.82, 2.24) is 0 Å². The molecule has 0 aromatic heterocycles. The first kappa shape index (κ1) is 9.57. The normalized spacial score (nSPS) is 10.0. The van der Waals surface area contributed by atoms with Crippen LogP contribution in [-0.4, -0.2) is 23.4 Å². The summed E-state index contributed by atoms with van der Waals surface area (Å²) in [5.41, 5.74) is 0.172. The Hall–Kier alpha value is -0.515. The summed E-state index contributed by atoms with van der Waals surface area (Å²) in [5, 5.41) is 17.4. The van der Waals surface area contributed by atoms with Crippen LogP contribution in [0.15, 0.2) is 23.1 Å². The van der Waals surface area contributed by atoms with E-state index in [0.717, 1.165) is 6.07 Å². The average Bonchev–Trinajstić information content (AvgIpc) is 2.04. The molecule has 0 unspecified atom stereocenters. The van der Waals surface area contributed by atoms with E-state index in [9.17, 15) is 4.39 Å². The second kappa shape index (κ2) is 3.93. The maximum Gasteiger partial charge on any atom is 0.488 e. The molecule has 64 valence electrons. The molecule has 0 aliphatic heterocycles. The Balaban J connectivity index is 3.02. The first-order valence-corrected chi connectivity index (χ1v) is 4.57. The van der Waals surface area contributed by atoms with Crippen LogP contribution >= 0.6 is 11.8 Å². The van der Waals surface area contributed by atoms with Crippen molar-refractivity contribution in [1.29, 1.82) is 0 Å². The molecule has 5 heteroatoms. The molecule has 0 radical (unpaired) electrons. The van der Waals surface area contributed by atoms with Crippen LogP contribution < -0.4 is 5.46 Å². The van der Waals surface area contributed by atoms with Gasteiger partial charge in [-0.1, -0.05) is 6.07 Å². The first-order valence-electron chi connectivity index (χ1n) is 3.34. The van der Waals surface area contributed by atoms with E-state index in [1.807, 2.05) is 0 Å². The van der Waals surface area contributed by atoms with Crippen LogP contribution in [-0.2, 0) is 0 Å². The summed E-state index contributed by atoms with van der Waals surface area (Å²) in [6.07, 6.45) is 1.76. The zero-order valence-corrected chi connectivity index (χ0v) is 7.31. The minimum absolute atomic E-state index is 0.172. The van der Waals surface area contributed by atoms with Crippen LogP contribution in [0.4, 0.5) is 4.39 Å². The van der Waals surface area contributed by atoms with E-state index in [1.165, 1.54) is 23.9 Å². The van der Waals surface area contributed by atoms with Gasteiger partial charge in [0.25, 0.3) is 0 Å². The van der Waals surface area contributed by atoms with Crippen molar-refractivity contribution in [3.8, 4) is 0 Å². The second-order valence-electron chi connectivity index (χ2n) is 2.27. The highest BCUT2D eigenvalue weighted by atomic mass is 32.2. The molecule has 12 heavy (non-hydrogen) atoms. The van der Waals surface area contributed by atoms with Gasteiger partial charge in [0.1, 0.15) is 5.82 Å². The second-order valence-corrected chi connectivity index (χ2v) is 3.12. The van der Waals surface area contributed by atoms with E-state index in [4.69, 9.17) is 10.0 Å². The van der Waals surface area contributed by atoms with Gasteiger partial charge in [0.2, 0.25) is 0 Å². The third-order valence-corrected chi connectivity index (χ3v) is 2.24. The van der Waals surface area contributed by atoms with Gasteiger partial charge in [-0.15, -0.1) is 11.8 Å². The maximum absolute atomic E-state index is 13.0.